The number of esters is 1. The van der Waals surface area contributed by atoms with E-state index in [1.54, 1.807) is 38.1 Å². The van der Waals surface area contributed by atoms with Crippen LogP contribution in [0.5, 0.6) is 5.75 Å². The zero-order valence-electron chi connectivity index (χ0n) is 13.0. The van der Waals surface area contributed by atoms with Crippen molar-refractivity contribution in [1.82, 2.24) is 5.32 Å². The molecule has 1 rings (SSSR count). The summed E-state index contributed by atoms with van der Waals surface area (Å²) in [5, 5.41) is 2.35. The summed E-state index contributed by atoms with van der Waals surface area (Å²) in [6.45, 7) is 4.81. The topological polar surface area (TPSA) is 108 Å². The second kappa shape index (κ2) is 8.38. The predicted molar refractivity (Wildman–Crippen MR) is 84.0 cm³/mol. The molecule has 2 unspecified atom stereocenters. The maximum atomic E-state index is 12.1. The number of hydrogen-bond acceptors (Lipinski definition) is 5. The molecule has 0 radical (unpaired) electrons. The number of carbonyl (C=O) groups excluding carboxylic acids is 3. The van der Waals surface area contributed by atoms with E-state index in [-0.39, 0.29) is 5.92 Å². The van der Waals surface area contributed by atoms with Gasteiger partial charge in [0.1, 0.15) is 5.75 Å². The fraction of sp³-hybridized carbons (Fsp3) is 0.400. The van der Waals surface area contributed by atoms with Crippen LogP contribution in [0.15, 0.2) is 24.3 Å². The Balaban J connectivity index is 2.70. The van der Waals surface area contributed by atoms with Gasteiger partial charge >= 0.3 is 12.0 Å². The molecule has 0 aliphatic heterocycles. The van der Waals surface area contributed by atoms with Gasteiger partial charge in [0.25, 0.3) is 5.91 Å². The van der Waals surface area contributed by atoms with Gasteiger partial charge in [-0.15, -0.1) is 0 Å². The molecular weight excluding hydrogens is 324 g/mol. The number of imide groups is 1. The molecule has 0 aliphatic rings. The first kappa shape index (κ1) is 18.8. The van der Waals surface area contributed by atoms with Gasteiger partial charge < -0.3 is 15.2 Å². The Morgan fingerprint density at radius 2 is 1.87 bits per heavy atom. The lowest BCUT2D eigenvalue weighted by atomic mass is 10.1. The maximum Gasteiger partial charge on any atom is 0.347 e. The van der Waals surface area contributed by atoms with E-state index in [9.17, 15) is 14.4 Å². The Morgan fingerprint density at radius 3 is 2.39 bits per heavy atom. The monoisotopic (exact) mass is 342 g/mol. The van der Waals surface area contributed by atoms with Gasteiger partial charge in [0.15, 0.2) is 12.2 Å². The van der Waals surface area contributed by atoms with Crippen LogP contribution in [0.3, 0.4) is 0 Å². The van der Waals surface area contributed by atoms with Crippen LogP contribution in [0, 0.1) is 5.92 Å². The summed E-state index contributed by atoms with van der Waals surface area (Å²) in [5.41, 5.74) is 4.89. The Labute approximate surface area is 139 Å². The standard InChI is InChI=1S/C15H19ClN2O5/c1-8(2)12(13(19)18-15(17)21)23-14(20)9(3)22-11-6-4-5-10(16)7-11/h4-9,12H,1-3H3,(H3,17,18,19,21). The van der Waals surface area contributed by atoms with Crippen molar-refractivity contribution in [2.75, 3.05) is 0 Å². The smallest absolute Gasteiger partial charge is 0.347 e. The van der Waals surface area contributed by atoms with E-state index in [2.05, 4.69) is 0 Å². The Kier molecular flexibility index (Phi) is 6.84. The van der Waals surface area contributed by atoms with E-state index in [4.69, 9.17) is 26.8 Å². The molecule has 0 fully saturated rings. The van der Waals surface area contributed by atoms with Crippen molar-refractivity contribution in [3.8, 4) is 5.75 Å². The summed E-state index contributed by atoms with van der Waals surface area (Å²) in [5.74, 6) is -1.49. The van der Waals surface area contributed by atoms with E-state index in [1.807, 2.05) is 5.32 Å². The summed E-state index contributed by atoms with van der Waals surface area (Å²) >= 11 is 5.83. The average molecular weight is 343 g/mol. The summed E-state index contributed by atoms with van der Waals surface area (Å²) < 4.78 is 10.5. The van der Waals surface area contributed by atoms with E-state index in [0.717, 1.165) is 0 Å². The molecule has 0 bridgehead atoms. The minimum Gasteiger partial charge on any atom is -0.479 e. The SMILES string of the molecule is CC(Oc1cccc(Cl)c1)C(=O)OC(C(=O)NC(N)=O)C(C)C. The first-order valence-electron chi connectivity index (χ1n) is 6.93. The molecule has 8 heteroatoms. The van der Waals surface area contributed by atoms with E-state index in [1.165, 1.54) is 6.92 Å². The number of hydrogen-bond donors (Lipinski definition) is 2. The Bertz CT molecular complexity index is 591. The average Bonchev–Trinajstić information content (AvgIpc) is 2.43. The van der Waals surface area contributed by atoms with Crippen LogP contribution in [0.25, 0.3) is 0 Å². The number of carbonyl (C=O) groups is 3. The van der Waals surface area contributed by atoms with Crippen molar-refractivity contribution in [2.24, 2.45) is 11.7 Å². The van der Waals surface area contributed by atoms with Crippen LogP contribution in [0.1, 0.15) is 20.8 Å². The fourth-order valence-electron chi connectivity index (χ4n) is 1.70. The van der Waals surface area contributed by atoms with E-state index < -0.39 is 30.1 Å². The molecule has 23 heavy (non-hydrogen) atoms. The van der Waals surface area contributed by atoms with Crippen LogP contribution in [0.4, 0.5) is 4.79 Å². The number of benzene rings is 1. The number of nitrogens with two attached hydrogens (primary N) is 1. The van der Waals surface area contributed by atoms with Gasteiger partial charge in [-0.2, -0.15) is 0 Å². The van der Waals surface area contributed by atoms with E-state index in [0.29, 0.717) is 10.8 Å². The maximum absolute atomic E-state index is 12.1. The molecule has 0 aliphatic carbocycles. The highest BCUT2D eigenvalue weighted by Crippen LogP contribution is 2.19. The van der Waals surface area contributed by atoms with Gasteiger partial charge in [-0.1, -0.05) is 31.5 Å². The van der Waals surface area contributed by atoms with Crippen LogP contribution in [-0.2, 0) is 14.3 Å². The van der Waals surface area contributed by atoms with Crippen molar-refractivity contribution >= 4 is 29.5 Å². The number of primary amides is 1. The summed E-state index contributed by atoms with van der Waals surface area (Å²) in [6.07, 6.45) is -2.11. The molecular formula is C15H19ClN2O5. The van der Waals surface area contributed by atoms with E-state index >= 15 is 0 Å². The minimum absolute atomic E-state index is 0.350. The molecule has 0 saturated heterocycles. The quantitative estimate of drug-likeness (QED) is 0.767. The summed E-state index contributed by atoms with van der Waals surface area (Å²) in [6, 6.07) is 5.51. The van der Waals surface area contributed by atoms with Gasteiger partial charge in [-0.25, -0.2) is 9.59 Å². The number of ether oxygens (including phenoxy) is 2. The van der Waals surface area contributed by atoms with Crippen LogP contribution < -0.4 is 15.8 Å². The van der Waals surface area contributed by atoms with Crippen molar-refractivity contribution in [3.63, 3.8) is 0 Å². The van der Waals surface area contributed by atoms with Crippen LogP contribution in [-0.4, -0.2) is 30.1 Å². The number of urea groups is 1. The van der Waals surface area contributed by atoms with Crippen molar-refractivity contribution in [2.45, 2.75) is 33.0 Å². The predicted octanol–water partition coefficient (Wildman–Crippen LogP) is 1.87. The first-order chi connectivity index (χ1) is 10.7. The molecule has 0 heterocycles. The first-order valence-corrected chi connectivity index (χ1v) is 7.31. The molecule has 0 aromatic heterocycles. The highest BCUT2D eigenvalue weighted by atomic mass is 35.5. The molecule has 126 valence electrons. The van der Waals surface area contributed by atoms with Gasteiger partial charge in [0, 0.05) is 5.02 Å². The number of rotatable bonds is 6. The van der Waals surface area contributed by atoms with Gasteiger partial charge in [0.05, 0.1) is 0 Å². The molecule has 1 aromatic rings. The second-order valence-electron chi connectivity index (χ2n) is 5.17. The minimum atomic E-state index is -1.15. The summed E-state index contributed by atoms with van der Waals surface area (Å²) in [4.78, 5) is 34.6. The zero-order chi connectivity index (χ0) is 17.6. The molecule has 7 nitrogen and oxygen atoms in total. The molecule has 1 aromatic carbocycles. The van der Waals surface area contributed by atoms with Crippen molar-refractivity contribution in [3.05, 3.63) is 29.3 Å². The number of halogens is 1. The third-order valence-corrected chi connectivity index (χ3v) is 3.03. The van der Waals surface area contributed by atoms with Gasteiger partial charge in [-0.3, -0.25) is 10.1 Å². The summed E-state index contributed by atoms with van der Waals surface area (Å²) in [7, 11) is 0. The third-order valence-electron chi connectivity index (χ3n) is 2.79. The van der Waals surface area contributed by atoms with Crippen LogP contribution in [0.2, 0.25) is 5.02 Å². The van der Waals surface area contributed by atoms with Crippen LogP contribution >= 0.6 is 11.6 Å². The number of nitrogens with one attached hydrogen (secondary N) is 1. The lowest BCUT2D eigenvalue weighted by molar-refractivity contribution is -0.164. The molecule has 3 amide bonds. The number of amides is 3. The lowest BCUT2D eigenvalue weighted by Gasteiger charge is -2.22. The Hall–Kier alpha value is -2.28. The van der Waals surface area contributed by atoms with Gasteiger partial charge in [-0.05, 0) is 31.0 Å². The highest BCUT2D eigenvalue weighted by Gasteiger charge is 2.30. The molecule has 0 spiro atoms. The zero-order valence-corrected chi connectivity index (χ0v) is 13.8. The third kappa shape index (κ3) is 6.15. The van der Waals surface area contributed by atoms with Gasteiger partial charge in [0.2, 0.25) is 0 Å². The second-order valence-corrected chi connectivity index (χ2v) is 5.61. The lowest BCUT2D eigenvalue weighted by Crippen LogP contribution is -2.46. The largest absolute Gasteiger partial charge is 0.479 e. The highest BCUT2D eigenvalue weighted by molar-refractivity contribution is 6.30. The normalized spacial score (nSPS) is 13.1. The molecule has 0 saturated carbocycles. The fourth-order valence-corrected chi connectivity index (χ4v) is 1.88. The molecule has 3 N–H and O–H groups in total. The Morgan fingerprint density at radius 1 is 1.22 bits per heavy atom. The van der Waals surface area contributed by atoms with Crippen molar-refractivity contribution in [1.29, 1.82) is 0 Å². The van der Waals surface area contributed by atoms with Crippen molar-refractivity contribution < 1.29 is 23.9 Å². The molecule has 2 atom stereocenters.